The lowest BCUT2D eigenvalue weighted by Crippen LogP contribution is -2.42. The standard InChI is InChI=1S/C22H28N4O/c1-16(2)25-20(27)14-17-15-22(19-7-4-3-6-18(17)19)8-12-26(13-9-22)21-23-10-5-11-24-21/h3-7,10-11,16-17H,8-9,12-15H2,1-2H3,(H,25,27)/t17-/m1/s1. The van der Waals surface area contributed by atoms with Gasteiger partial charge in [0.15, 0.2) is 0 Å². The third-order valence-electron chi connectivity index (χ3n) is 6.05. The van der Waals surface area contributed by atoms with Crippen molar-refractivity contribution in [2.75, 3.05) is 18.0 Å². The fourth-order valence-corrected chi connectivity index (χ4v) is 4.88. The first-order valence-electron chi connectivity index (χ1n) is 9.98. The predicted molar refractivity (Wildman–Crippen MR) is 107 cm³/mol. The van der Waals surface area contributed by atoms with Gasteiger partial charge < -0.3 is 10.2 Å². The van der Waals surface area contributed by atoms with Gasteiger partial charge in [-0.25, -0.2) is 9.97 Å². The van der Waals surface area contributed by atoms with E-state index in [0.717, 1.165) is 38.3 Å². The minimum atomic E-state index is 0.164. The molecule has 1 fully saturated rings. The van der Waals surface area contributed by atoms with E-state index >= 15 is 0 Å². The van der Waals surface area contributed by atoms with Crippen LogP contribution in [0.25, 0.3) is 0 Å². The second-order valence-corrected chi connectivity index (χ2v) is 8.23. The Morgan fingerprint density at radius 1 is 1.19 bits per heavy atom. The molecule has 1 aromatic carbocycles. The summed E-state index contributed by atoms with van der Waals surface area (Å²) in [6, 6.07) is 10.8. The van der Waals surface area contributed by atoms with Crippen LogP contribution in [0.15, 0.2) is 42.7 Å². The lowest BCUT2D eigenvalue weighted by molar-refractivity contribution is -0.122. The van der Waals surface area contributed by atoms with E-state index in [4.69, 9.17) is 0 Å². The minimum Gasteiger partial charge on any atom is -0.354 e. The van der Waals surface area contributed by atoms with Crippen LogP contribution in [0.3, 0.4) is 0 Å². The fraction of sp³-hybridized carbons (Fsp3) is 0.500. The molecule has 27 heavy (non-hydrogen) atoms. The number of benzene rings is 1. The molecule has 0 bridgehead atoms. The van der Waals surface area contributed by atoms with Gasteiger partial charge in [-0.2, -0.15) is 0 Å². The Kier molecular flexibility index (Phi) is 4.85. The molecule has 5 heteroatoms. The van der Waals surface area contributed by atoms with E-state index < -0.39 is 0 Å². The summed E-state index contributed by atoms with van der Waals surface area (Å²) in [5, 5.41) is 3.06. The molecule has 1 N–H and O–H groups in total. The second kappa shape index (κ2) is 7.29. The normalized spacial score (nSPS) is 20.7. The lowest BCUT2D eigenvalue weighted by atomic mass is 9.73. The predicted octanol–water partition coefficient (Wildman–Crippen LogP) is 3.42. The zero-order valence-electron chi connectivity index (χ0n) is 16.2. The summed E-state index contributed by atoms with van der Waals surface area (Å²) >= 11 is 0. The van der Waals surface area contributed by atoms with Crippen LogP contribution in [0.1, 0.15) is 56.6 Å². The maximum atomic E-state index is 12.4. The average Bonchev–Trinajstić information content (AvgIpc) is 2.96. The van der Waals surface area contributed by atoms with Gasteiger partial charge in [-0.15, -0.1) is 0 Å². The number of piperidine rings is 1. The van der Waals surface area contributed by atoms with Crippen molar-refractivity contribution < 1.29 is 4.79 Å². The molecule has 0 radical (unpaired) electrons. The number of nitrogens with one attached hydrogen (secondary N) is 1. The minimum absolute atomic E-state index is 0.164. The topological polar surface area (TPSA) is 58.1 Å². The second-order valence-electron chi connectivity index (χ2n) is 8.23. The molecular formula is C22H28N4O. The molecule has 1 aromatic heterocycles. The smallest absolute Gasteiger partial charge is 0.225 e. The van der Waals surface area contributed by atoms with Crippen molar-refractivity contribution in [1.29, 1.82) is 0 Å². The number of carbonyl (C=O) groups is 1. The van der Waals surface area contributed by atoms with E-state index in [1.807, 2.05) is 19.9 Å². The van der Waals surface area contributed by atoms with E-state index in [-0.39, 0.29) is 17.4 Å². The highest BCUT2D eigenvalue weighted by atomic mass is 16.1. The summed E-state index contributed by atoms with van der Waals surface area (Å²) in [4.78, 5) is 23.5. The van der Waals surface area contributed by atoms with Crippen molar-refractivity contribution >= 4 is 11.9 Å². The third-order valence-corrected chi connectivity index (χ3v) is 6.05. The molecule has 1 aliphatic carbocycles. The molecule has 1 atom stereocenters. The van der Waals surface area contributed by atoms with Crippen molar-refractivity contribution in [2.24, 2.45) is 0 Å². The summed E-state index contributed by atoms with van der Waals surface area (Å²) < 4.78 is 0. The molecule has 2 aliphatic rings. The number of hydrogen-bond acceptors (Lipinski definition) is 4. The summed E-state index contributed by atoms with van der Waals surface area (Å²) in [6.07, 6.45) is 7.45. The molecule has 2 aromatic rings. The number of fused-ring (bicyclic) bond motifs is 2. The van der Waals surface area contributed by atoms with E-state index in [0.29, 0.717) is 12.3 Å². The Bertz CT molecular complexity index is 797. The fourth-order valence-electron chi connectivity index (χ4n) is 4.88. The highest BCUT2D eigenvalue weighted by molar-refractivity contribution is 5.77. The summed E-state index contributed by atoms with van der Waals surface area (Å²) in [7, 11) is 0. The van der Waals surface area contributed by atoms with E-state index in [1.54, 1.807) is 12.4 Å². The number of nitrogens with zero attached hydrogens (tertiary/aromatic N) is 3. The van der Waals surface area contributed by atoms with Crippen LogP contribution in [0.4, 0.5) is 5.95 Å². The van der Waals surface area contributed by atoms with Crippen molar-refractivity contribution in [1.82, 2.24) is 15.3 Å². The highest BCUT2D eigenvalue weighted by Crippen LogP contribution is 2.52. The molecule has 1 aliphatic heterocycles. The zero-order chi connectivity index (χ0) is 18.9. The van der Waals surface area contributed by atoms with Crippen LogP contribution in [0, 0.1) is 0 Å². The average molecular weight is 364 g/mol. The Morgan fingerprint density at radius 2 is 1.89 bits per heavy atom. The molecular weight excluding hydrogens is 336 g/mol. The first-order chi connectivity index (χ1) is 13.1. The van der Waals surface area contributed by atoms with E-state index in [1.165, 1.54) is 11.1 Å². The van der Waals surface area contributed by atoms with Gasteiger partial charge in [0.25, 0.3) is 0 Å². The molecule has 142 valence electrons. The monoisotopic (exact) mass is 364 g/mol. The maximum absolute atomic E-state index is 12.4. The summed E-state index contributed by atoms with van der Waals surface area (Å²) in [5.74, 6) is 1.31. The first kappa shape index (κ1) is 18.0. The number of anilines is 1. The maximum Gasteiger partial charge on any atom is 0.225 e. The molecule has 0 saturated carbocycles. The third kappa shape index (κ3) is 3.55. The Balaban J connectivity index is 1.52. The quantitative estimate of drug-likeness (QED) is 0.903. The number of rotatable bonds is 4. The van der Waals surface area contributed by atoms with Crippen LogP contribution in [-0.2, 0) is 10.2 Å². The number of hydrogen-bond donors (Lipinski definition) is 1. The van der Waals surface area contributed by atoms with Crippen LogP contribution < -0.4 is 10.2 Å². The van der Waals surface area contributed by atoms with Crippen LogP contribution in [-0.4, -0.2) is 35.0 Å². The summed E-state index contributed by atoms with van der Waals surface area (Å²) in [5.41, 5.74) is 3.02. The number of carbonyl (C=O) groups excluding carboxylic acids is 1. The zero-order valence-corrected chi connectivity index (χ0v) is 16.2. The Morgan fingerprint density at radius 3 is 2.59 bits per heavy atom. The molecule has 5 nitrogen and oxygen atoms in total. The van der Waals surface area contributed by atoms with Gasteiger partial charge in [0.1, 0.15) is 0 Å². The van der Waals surface area contributed by atoms with Gasteiger partial charge in [-0.05, 0) is 61.6 Å². The van der Waals surface area contributed by atoms with Crippen molar-refractivity contribution in [3.05, 3.63) is 53.9 Å². The van der Waals surface area contributed by atoms with Gasteiger partial charge in [0, 0.05) is 37.9 Å². The van der Waals surface area contributed by atoms with Gasteiger partial charge >= 0.3 is 0 Å². The highest BCUT2D eigenvalue weighted by Gasteiger charge is 2.45. The largest absolute Gasteiger partial charge is 0.354 e. The van der Waals surface area contributed by atoms with Crippen molar-refractivity contribution in [2.45, 2.75) is 56.9 Å². The van der Waals surface area contributed by atoms with Gasteiger partial charge in [0.2, 0.25) is 11.9 Å². The lowest BCUT2D eigenvalue weighted by Gasteiger charge is -2.40. The van der Waals surface area contributed by atoms with Gasteiger partial charge in [0.05, 0.1) is 0 Å². The SMILES string of the molecule is CC(C)NC(=O)C[C@@H]1CC2(CCN(c3ncccn3)CC2)c2ccccc21. The van der Waals surface area contributed by atoms with Gasteiger partial charge in [-0.3, -0.25) is 4.79 Å². The number of aromatic nitrogens is 2. The molecule has 1 amide bonds. The molecule has 1 saturated heterocycles. The van der Waals surface area contributed by atoms with Crippen LogP contribution in [0.2, 0.25) is 0 Å². The van der Waals surface area contributed by atoms with Crippen molar-refractivity contribution in [3.63, 3.8) is 0 Å². The molecule has 0 unspecified atom stereocenters. The summed E-state index contributed by atoms with van der Waals surface area (Å²) in [6.45, 7) is 5.96. The number of amides is 1. The Labute approximate surface area is 161 Å². The molecule has 1 spiro atoms. The van der Waals surface area contributed by atoms with Crippen molar-refractivity contribution in [3.8, 4) is 0 Å². The molecule has 2 heterocycles. The van der Waals surface area contributed by atoms with Crippen LogP contribution >= 0.6 is 0 Å². The molecule has 4 rings (SSSR count). The van der Waals surface area contributed by atoms with Gasteiger partial charge in [-0.1, -0.05) is 24.3 Å². The van der Waals surface area contributed by atoms with E-state index in [9.17, 15) is 4.79 Å². The van der Waals surface area contributed by atoms with E-state index in [2.05, 4.69) is 44.5 Å². The Hall–Kier alpha value is -2.43. The van der Waals surface area contributed by atoms with Crippen LogP contribution in [0.5, 0.6) is 0 Å². The first-order valence-corrected chi connectivity index (χ1v) is 9.98.